The van der Waals surface area contributed by atoms with Crippen molar-refractivity contribution in [3.8, 4) is 0 Å². The molecule has 1 aromatic carbocycles. The Labute approximate surface area is 109 Å². The minimum absolute atomic E-state index is 0.121. The van der Waals surface area contributed by atoms with Crippen LogP contribution >= 0.6 is 11.6 Å². The summed E-state index contributed by atoms with van der Waals surface area (Å²) in [5.41, 5.74) is 1.89. The number of alkyl halides is 1. The molecule has 3 aromatic rings. The van der Waals surface area contributed by atoms with Crippen LogP contribution < -0.4 is 0 Å². The van der Waals surface area contributed by atoms with Gasteiger partial charge in [0.15, 0.2) is 5.65 Å². The zero-order valence-electron chi connectivity index (χ0n) is 9.57. The van der Waals surface area contributed by atoms with Gasteiger partial charge in [0.05, 0.1) is 23.5 Å². The van der Waals surface area contributed by atoms with Gasteiger partial charge in [-0.3, -0.25) is 0 Å². The van der Waals surface area contributed by atoms with Crippen molar-refractivity contribution in [2.45, 2.75) is 11.9 Å². The van der Waals surface area contributed by atoms with Gasteiger partial charge in [-0.2, -0.15) is 5.10 Å². The van der Waals surface area contributed by atoms with E-state index in [-0.39, 0.29) is 5.38 Å². The molecule has 4 nitrogen and oxygen atoms in total. The Morgan fingerprint density at radius 3 is 2.83 bits per heavy atom. The summed E-state index contributed by atoms with van der Waals surface area (Å²) in [6.45, 7) is 0.589. The fourth-order valence-corrected chi connectivity index (χ4v) is 2.16. The Hall–Kier alpha value is -1.94. The van der Waals surface area contributed by atoms with Crippen molar-refractivity contribution in [2.24, 2.45) is 0 Å². The highest BCUT2D eigenvalue weighted by Gasteiger charge is 2.11. The molecule has 0 aliphatic rings. The van der Waals surface area contributed by atoms with Gasteiger partial charge in [-0.05, 0) is 5.56 Å². The molecule has 0 fully saturated rings. The van der Waals surface area contributed by atoms with Gasteiger partial charge in [0.2, 0.25) is 0 Å². The molecular weight excluding hydrogens is 248 g/mol. The van der Waals surface area contributed by atoms with E-state index in [4.69, 9.17) is 11.6 Å². The molecule has 3 rings (SSSR count). The van der Waals surface area contributed by atoms with Crippen molar-refractivity contribution in [1.29, 1.82) is 0 Å². The van der Waals surface area contributed by atoms with E-state index in [0.717, 1.165) is 16.6 Å². The molecule has 5 heteroatoms. The summed E-state index contributed by atoms with van der Waals surface area (Å²) in [7, 11) is 0. The van der Waals surface area contributed by atoms with Crippen LogP contribution in [0.25, 0.3) is 11.0 Å². The Morgan fingerprint density at radius 2 is 2.00 bits per heavy atom. The lowest BCUT2D eigenvalue weighted by Crippen LogP contribution is -2.06. The highest BCUT2D eigenvalue weighted by Crippen LogP contribution is 2.23. The molecular formula is C13H11ClN4. The highest BCUT2D eigenvalue weighted by molar-refractivity contribution is 6.20. The second-order valence-corrected chi connectivity index (χ2v) is 4.53. The Kier molecular flexibility index (Phi) is 2.94. The van der Waals surface area contributed by atoms with E-state index in [1.165, 1.54) is 6.33 Å². The summed E-state index contributed by atoms with van der Waals surface area (Å²) >= 11 is 6.39. The molecule has 2 aromatic heterocycles. The molecule has 0 saturated carbocycles. The van der Waals surface area contributed by atoms with Crippen LogP contribution in [0.2, 0.25) is 0 Å². The summed E-state index contributed by atoms with van der Waals surface area (Å²) in [5, 5.41) is 5.09. The third-order valence-electron chi connectivity index (χ3n) is 2.79. The molecule has 0 saturated heterocycles. The fraction of sp³-hybridized carbons (Fsp3) is 0.154. The van der Waals surface area contributed by atoms with Crippen molar-refractivity contribution >= 4 is 22.6 Å². The van der Waals surface area contributed by atoms with Crippen LogP contribution in [0.1, 0.15) is 10.9 Å². The molecule has 18 heavy (non-hydrogen) atoms. The third-order valence-corrected chi connectivity index (χ3v) is 3.18. The Morgan fingerprint density at radius 1 is 1.17 bits per heavy atom. The predicted molar refractivity (Wildman–Crippen MR) is 70.4 cm³/mol. The van der Waals surface area contributed by atoms with Crippen molar-refractivity contribution in [3.05, 3.63) is 54.6 Å². The lowest BCUT2D eigenvalue weighted by atomic mass is 10.1. The first-order valence-corrected chi connectivity index (χ1v) is 6.09. The normalized spacial score (nSPS) is 12.7. The molecule has 0 bridgehead atoms. The number of hydrogen-bond acceptors (Lipinski definition) is 3. The fourth-order valence-electron chi connectivity index (χ4n) is 1.88. The van der Waals surface area contributed by atoms with Crippen LogP contribution in [0.15, 0.2) is 49.1 Å². The quantitative estimate of drug-likeness (QED) is 0.679. The molecule has 0 spiro atoms. The summed E-state index contributed by atoms with van der Waals surface area (Å²) in [5.74, 6) is 0. The molecule has 1 atom stereocenters. The van der Waals surface area contributed by atoms with Crippen LogP contribution in [0.4, 0.5) is 0 Å². The van der Waals surface area contributed by atoms with Gasteiger partial charge >= 0.3 is 0 Å². The molecule has 2 heterocycles. The van der Waals surface area contributed by atoms with Gasteiger partial charge in [-0.25, -0.2) is 14.6 Å². The number of benzene rings is 1. The van der Waals surface area contributed by atoms with E-state index in [9.17, 15) is 0 Å². The molecule has 1 unspecified atom stereocenters. The van der Waals surface area contributed by atoms with E-state index < -0.39 is 0 Å². The molecule has 0 aliphatic heterocycles. The number of rotatable bonds is 3. The highest BCUT2D eigenvalue weighted by atomic mass is 35.5. The number of halogens is 1. The number of nitrogens with zero attached hydrogens (tertiary/aromatic N) is 4. The summed E-state index contributed by atoms with van der Waals surface area (Å²) in [6.07, 6.45) is 5.02. The van der Waals surface area contributed by atoms with Gasteiger partial charge in [0, 0.05) is 6.20 Å². The molecule has 0 amide bonds. The molecule has 90 valence electrons. The van der Waals surface area contributed by atoms with Gasteiger partial charge in [0.1, 0.15) is 6.33 Å². The van der Waals surface area contributed by atoms with Gasteiger partial charge in [0.25, 0.3) is 0 Å². The van der Waals surface area contributed by atoms with E-state index in [1.807, 2.05) is 35.0 Å². The van der Waals surface area contributed by atoms with Crippen molar-refractivity contribution in [1.82, 2.24) is 19.7 Å². The van der Waals surface area contributed by atoms with E-state index in [2.05, 4.69) is 15.1 Å². The first-order chi connectivity index (χ1) is 8.84. The minimum atomic E-state index is -0.121. The van der Waals surface area contributed by atoms with Crippen LogP contribution in [0.3, 0.4) is 0 Å². The van der Waals surface area contributed by atoms with E-state index in [1.54, 1.807) is 12.4 Å². The zero-order chi connectivity index (χ0) is 12.4. The monoisotopic (exact) mass is 258 g/mol. The number of fused-ring (bicyclic) bond motifs is 1. The first kappa shape index (κ1) is 11.2. The molecule has 0 N–H and O–H groups in total. The van der Waals surface area contributed by atoms with E-state index >= 15 is 0 Å². The SMILES string of the molecule is ClC(Cn1ncc2cncnc21)c1ccccc1. The zero-order valence-corrected chi connectivity index (χ0v) is 10.3. The van der Waals surface area contributed by atoms with Crippen LogP contribution in [0.5, 0.6) is 0 Å². The van der Waals surface area contributed by atoms with Crippen molar-refractivity contribution in [2.75, 3.05) is 0 Å². The van der Waals surface area contributed by atoms with E-state index in [0.29, 0.717) is 6.54 Å². The molecule has 0 aliphatic carbocycles. The van der Waals surface area contributed by atoms with Gasteiger partial charge in [-0.1, -0.05) is 30.3 Å². The summed E-state index contributed by atoms with van der Waals surface area (Å²) in [4.78, 5) is 8.18. The lowest BCUT2D eigenvalue weighted by Gasteiger charge is -2.10. The van der Waals surface area contributed by atoms with Crippen LogP contribution in [-0.4, -0.2) is 19.7 Å². The Bertz CT molecular complexity index is 650. The van der Waals surface area contributed by atoms with Crippen LogP contribution in [0, 0.1) is 0 Å². The van der Waals surface area contributed by atoms with Gasteiger partial charge < -0.3 is 0 Å². The first-order valence-electron chi connectivity index (χ1n) is 5.65. The third kappa shape index (κ3) is 2.07. The molecule has 0 radical (unpaired) electrons. The second kappa shape index (κ2) is 4.74. The Balaban J connectivity index is 1.89. The summed E-state index contributed by atoms with van der Waals surface area (Å²) < 4.78 is 1.81. The minimum Gasteiger partial charge on any atom is -0.245 e. The maximum absolute atomic E-state index is 6.39. The number of aromatic nitrogens is 4. The average molecular weight is 259 g/mol. The predicted octanol–water partition coefficient (Wildman–Crippen LogP) is 2.81. The maximum Gasteiger partial charge on any atom is 0.161 e. The van der Waals surface area contributed by atoms with Crippen LogP contribution in [-0.2, 0) is 6.54 Å². The second-order valence-electron chi connectivity index (χ2n) is 4.01. The standard InChI is InChI=1S/C13H11ClN4/c14-12(10-4-2-1-3-5-10)8-18-13-11(7-17-18)6-15-9-16-13/h1-7,9,12H,8H2. The van der Waals surface area contributed by atoms with Gasteiger partial charge in [-0.15, -0.1) is 11.6 Å². The number of hydrogen-bond donors (Lipinski definition) is 0. The smallest absolute Gasteiger partial charge is 0.161 e. The lowest BCUT2D eigenvalue weighted by molar-refractivity contribution is 0.615. The average Bonchev–Trinajstić information content (AvgIpc) is 2.83. The maximum atomic E-state index is 6.39. The largest absolute Gasteiger partial charge is 0.245 e. The van der Waals surface area contributed by atoms with Crippen molar-refractivity contribution in [3.63, 3.8) is 0 Å². The van der Waals surface area contributed by atoms with Crippen molar-refractivity contribution < 1.29 is 0 Å². The topological polar surface area (TPSA) is 43.6 Å². The summed E-state index contributed by atoms with van der Waals surface area (Å²) in [6, 6.07) is 9.96.